The summed E-state index contributed by atoms with van der Waals surface area (Å²) in [4.78, 5) is 83.7. The summed E-state index contributed by atoms with van der Waals surface area (Å²) in [7, 11) is 0. The zero-order chi connectivity index (χ0) is 29.0. The molecule has 0 atom stereocenters. The normalized spacial score (nSPS) is 11.3. The van der Waals surface area contributed by atoms with Crippen LogP contribution in [0, 0.1) is 5.92 Å². The van der Waals surface area contributed by atoms with Gasteiger partial charge < -0.3 is 36.1 Å². The molecule has 4 heterocycles. The van der Waals surface area contributed by atoms with E-state index in [-0.39, 0.29) is 97.1 Å². The van der Waals surface area contributed by atoms with Gasteiger partial charge in [0.1, 0.15) is 13.1 Å². The third-order valence-electron chi connectivity index (χ3n) is 5.83. The van der Waals surface area contributed by atoms with E-state index in [1.165, 1.54) is 26.7 Å². The molecule has 0 fully saturated rings. The van der Waals surface area contributed by atoms with E-state index in [2.05, 4.69) is 40.5 Å². The Morgan fingerprint density at radius 3 is 1.68 bits per heavy atom. The highest BCUT2D eigenvalue weighted by molar-refractivity contribution is 5.80. The lowest BCUT2D eigenvalue weighted by Crippen LogP contribution is -2.44. The standard InChI is InChI=1S/C22H29N13O5/c1-11(2)20(40)33(5-3-25-12(36)7-34-9-27-14-16(34)29-21(23)31-18(14)38)6-4-26-13(37)8-35-10-28-15-17(35)30-22(24)32-19(15)39/h9-11H,3-8H2,1-2H3,(H,25,36)(H,26,37)(H3,23,29,31,38)(H3,24,30,32,39). The van der Waals surface area contributed by atoms with Gasteiger partial charge in [0.15, 0.2) is 22.3 Å². The molecule has 212 valence electrons. The van der Waals surface area contributed by atoms with Gasteiger partial charge in [0, 0.05) is 32.1 Å². The number of H-pyrrole nitrogens is 2. The molecule has 0 bridgehead atoms. The molecule has 18 heteroatoms. The highest BCUT2D eigenvalue weighted by atomic mass is 16.2. The number of fused-ring (bicyclic) bond motifs is 2. The summed E-state index contributed by atoms with van der Waals surface area (Å²) in [5.41, 5.74) is 10.6. The molecule has 4 aromatic rings. The highest BCUT2D eigenvalue weighted by Crippen LogP contribution is 2.07. The van der Waals surface area contributed by atoms with Crippen molar-refractivity contribution in [3.05, 3.63) is 33.4 Å². The van der Waals surface area contributed by atoms with Crippen molar-refractivity contribution in [2.75, 3.05) is 37.6 Å². The molecule has 40 heavy (non-hydrogen) atoms. The lowest BCUT2D eigenvalue weighted by atomic mass is 10.2. The predicted molar refractivity (Wildman–Crippen MR) is 143 cm³/mol. The van der Waals surface area contributed by atoms with Crippen LogP contribution in [0.5, 0.6) is 0 Å². The molecular formula is C22H29N13O5. The van der Waals surface area contributed by atoms with Crippen LogP contribution in [0.25, 0.3) is 22.3 Å². The number of imidazole rings is 2. The number of carbonyl (C=O) groups excluding carboxylic acids is 3. The summed E-state index contributed by atoms with van der Waals surface area (Å²) in [5, 5.41) is 5.45. The van der Waals surface area contributed by atoms with Gasteiger partial charge in [-0.3, -0.25) is 33.9 Å². The van der Waals surface area contributed by atoms with Crippen molar-refractivity contribution >= 4 is 51.9 Å². The number of nitrogens with zero attached hydrogens (tertiary/aromatic N) is 7. The van der Waals surface area contributed by atoms with Crippen LogP contribution in [0.4, 0.5) is 11.9 Å². The minimum Gasteiger partial charge on any atom is -0.369 e. The fourth-order valence-electron chi connectivity index (χ4n) is 3.95. The number of carbonyl (C=O) groups is 3. The van der Waals surface area contributed by atoms with Gasteiger partial charge in [0.05, 0.1) is 12.7 Å². The lowest BCUT2D eigenvalue weighted by Gasteiger charge is -2.25. The monoisotopic (exact) mass is 555 g/mol. The van der Waals surface area contributed by atoms with Crippen LogP contribution >= 0.6 is 0 Å². The number of nitrogen functional groups attached to an aromatic ring is 2. The Kier molecular flexibility index (Phi) is 8.06. The number of aromatic amines is 2. The summed E-state index contributed by atoms with van der Waals surface area (Å²) >= 11 is 0. The molecule has 18 nitrogen and oxygen atoms in total. The summed E-state index contributed by atoms with van der Waals surface area (Å²) in [6.07, 6.45) is 2.64. The first-order valence-electron chi connectivity index (χ1n) is 12.3. The van der Waals surface area contributed by atoms with Crippen molar-refractivity contribution in [1.82, 2.24) is 54.6 Å². The number of amides is 3. The molecule has 0 aliphatic rings. The van der Waals surface area contributed by atoms with E-state index in [0.717, 1.165) is 0 Å². The molecule has 0 spiro atoms. The second-order valence-electron chi connectivity index (χ2n) is 9.17. The van der Waals surface area contributed by atoms with Gasteiger partial charge in [-0.2, -0.15) is 9.97 Å². The fourth-order valence-corrected chi connectivity index (χ4v) is 3.95. The van der Waals surface area contributed by atoms with E-state index >= 15 is 0 Å². The van der Waals surface area contributed by atoms with Crippen LogP contribution in [-0.2, 0) is 27.5 Å². The largest absolute Gasteiger partial charge is 0.369 e. The van der Waals surface area contributed by atoms with Crippen LogP contribution in [0.2, 0.25) is 0 Å². The molecule has 0 unspecified atom stereocenters. The Hall–Kier alpha value is -5.29. The fraction of sp³-hybridized carbons (Fsp3) is 0.409. The minimum absolute atomic E-state index is 0.0630. The maximum Gasteiger partial charge on any atom is 0.280 e. The SMILES string of the molecule is CC(C)C(=O)N(CCNC(=O)Cn1cnc2c(=O)[nH]c(N)nc21)CCNC(=O)Cn1cnc2c(=O)[nH]c(N)nc21. The Morgan fingerprint density at radius 2 is 1.27 bits per heavy atom. The van der Waals surface area contributed by atoms with E-state index in [1.54, 1.807) is 13.8 Å². The first-order chi connectivity index (χ1) is 19.0. The number of hydrogen-bond acceptors (Lipinski definition) is 11. The number of hydrogen-bond donors (Lipinski definition) is 6. The van der Waals surface area contributed by atoms with Gasteiger partial charge in [-0.25, -0.2) is 9.97 Å². The van der Waals surface area contributed by atoms with E-state index < -0.39 is 11.1 Å². The summed E-state index contributed by atoms with van der Waals surface area (Å²) < 4.78 is 2.79. The number of nitrogens with one attached hydrogen (secondary N) is 4. The second kappa shape index (κ2) is 11.6. The molecular weight excluding hydrogens is 526 g/mol. The average molecular weight is 556 g/mol. The van der Waals surface area contributed by atoms with Crippen LogP contribution in [0.3, 0.4) is 0 Å². The number of nitrogens with two attached hydrogens (primary N) is 2. The van der Waals surface area contributed by atoms with Gasteiger partial charge in [-0.1, -0.05) is 13.8 Å². The predicted octanol–water partition coefficient (Wildman–Crippen LogP) is -2.87. The summed E-state index contributed by atoms with van der Waals surface area (Å²) in [5.74, 6) is -1.40. The Morgan fingerprint density at radius 1 is 0.850 bits per heavy atom. The van der Waals surface area contributed by atoms with Crippen molar-refractivity contribution in [2.24, 2.45) is 5.92 Å². The van der Waals surface area contributed by atoms with Gasteiger partial charge in [-0.05, 0) is 0 Å². The smallest absolute Gasteiger partial charge is 0.280 e. The van der Waals surface area contributed by atoms with Crippen LogP contribution in [-0.4, -0.2) is 87.8 Å². The van der Waals surface area contributed by atoms with Crippen molar-refractivity contribution in [3.8, 4) is 0 Å². The maximum atomic E-state index is 12.7. The molecule has 4 rings (SSSR count). The van der Waals surface area contributed by atoms with Gasteiger partial charge in [0.2, 0.25) is 29.6 Å². The Bertz CT molecular complexity index is 1570. The van der Waals surface area contributed by atoms with Crippen LogP contribution in [0.1, 0.15) is 13.8 Å². The molecule has 4 aromatic heterocycles. The average Bonchev–Trinajstić information content (AvgIpc) is 3.47. The van der Waals surface area contributed by atoms with E-state index in [1.807, 2.05) is 0 Å². The number of aromatic nitrogens is 8. The Labute approximate surface area is 225 Å². The van der Waals surface area contributed by atoms with Gasteiger partial charge in [0.25, 0.3) is 11.1 Å². The highest BCUT2D eigenvalue weighted by Gasteiger charge is 2.18. The van der Waals surface area contributed by atoms with Crippen LogP contribution < -0.4 is 33.2 Å². The van der Waals surface area contributed by atoms with E-state index in [4.69, 9.17) is 11.5 Å². The Balaban J connectivity index is 1.28. The van der Waals surface area contributed by atoms with E-state index in [9.17, 15) is 24.0 Å². The summed E-state index contributed by atoms with van der Waals surface area (Å²) in [6, 6.07) is 0. The third kappa shape index (κ3) is 6.22. The lowest BCUT2D eigenvalue weighted by molar-refractivity contribution is -0.135. The molecule has 0 saturated heterocycles. The first-order valence-corrected chi connectivity index (χ1v) is 12.3. The quantitative estimate of drug-likeness (QED) is 0.110. The second-order valence-corrected chi connectivity index (χ2v) is 9.17. The number of anilines is 2. The van der Waals surface area contributed by atoms with E-state index in [0.29, 0.717) is 0 Å². The molecule has 0 aliphatic carbocycles. The molecule has 8 N–H and O–H groups in total. The van der Waals surface area contributed by atoms with Crippen LogP contribution in [0.15, 0.2) is 22.2 Å². The molecule has 0 aliphatic heterocycles. The zero-order valence-electron chi connectivity index (χ0n) is 21.8. The van der Waals surface area contributed by atoms with Crippen molar-refractivity contribution in [2.45, 2.75) is 26.9 Å². The maximum absolute atomic E-state index is 12.7. The van der Waals surface area contributed by atoms with Crippen molar-refractivity contribution < 1.29 is 14.4 Å². The molecule has 0 aromatic carbocycles. The zero-order valence-corrected chi connectivity index (χ0v) is 21.8. The number of rotatable bonds is 11. The van der Waals surface area contributed by atoms with Crippen molar-refractivity contribution in [3.63, 3.8) is 0 Å². The molecule has 3 amide bonds. The third-order valence-corrected chi connectivity index (χ3v) is 5.83. The summed E-state index contributed by atoms with van der Waals surface area (Å²) in [6.45, 7) is 3.89. The van der Waals surface area contributed by atoms with Crippen molar-refractivity contribution in [1.29, 1.82) is 0 Å². The topological polar surface area (TPSA) is 258 Å². The molecule has 0 saturated carbocycles. The van der Waals surface area contributed by atoms with Gasteiger partial charge in [-0.15, -0.1) is 0 Å². The minimum atomic E-state index is -0.508. The van der Waals surface area contributed by atoms with Gasteiger partial charge >= 0.3 is 0 Å². The first kappa shape index (κ1) is 27.7. The molecule has 0 radical (unpaired) electrons.